The number of nitrogens with zero attached hydrogens (tertiary/aromatic N) is 1. The van der Waals surface area contributed by atoms with Crippen molar-refractivity contribution in [2.24, 2.45) is 0 Å². The second kappa shape index (κ2) is 9.20. The summed E-state index contributed by atoms with van der Waals surface area (Å²) in [5, 5.41) is 5.39. The first kappa shape index (κ1) is 20.3. The summed E-state index contributed by atoms with van der Waals surface area (Å²) in [7, 11) is -3.72. The van der Waals surface area contributed by atoms with Gasteiger partial charge in [-0.15, -0.1) is 0 Å². The summed E-state index contributed by atoms with van der Waals surface area (Å²) in [5.41, 5.74) is 2.84. The van der Waals surface area contributed by atoms with E-state index < -0.39 is 10.0 Å². The van der Waals surface area contributed by atoms with E-state index in [-0.39, 0.29) is 10.9 Å². The number of amides is 2. The van der Waals surface area contributed by atoms with E-state index in [1.54, 1.807) is 42.7 Å². The van der Waals surface area contributed by atoms with Crippen molar-refractivity contribution < 1.29 is 13.2 Å². The Bertz CT molecular complexity index is 1070. The minimum atomic E-state index is -3.72. The average molecular weight is 410 g/mol. The summed E-state index contributed by atoms with van der Waals surface area (Å²) < 4.78 is 27.9. The Morgan fingerprint density at radius 2 is 1.76 bits per heavy atom. The number of nitrogens with one attached hydrogen (secondary N) is 3. The van der Waals surface area contributed by atoms with Crippen molar-refractivity contribution in [3.05, 3.63) is 84.2 Å². The third-order valence-electron chi connectivity index (χ3n) is 4.24. The molecule has 0 saturated heterocycles. The SMILES string of the molecule is CCc1ccccc1NS(=O)(=O)c1ccc(NC(=O)NCc2cccnc2)cc1. The topological polar surface area (TPSA) is 100 Å². The number of para-hydroxylation sites is 1. The lowest BCUT2D eigenvalue weighted by atomic mass is 10.1. The molecule has 1 aromatic heterocycles. The summed E-state index contributed by atoms with van der Waals surface area (Å²) >= 11 is 0. The number of hydrogen-bond acceptors (Lipinski definition) is 4. The molecule has 0 radical (unpaired) electrons. The zero-order valence-electron chi connectivity index (χ0n) is 15.9. The van der Waals surface area contributed by atoms with Crippen LogP contribution in [0.4, 0.5) is 16.2 Å². The van der Waals surface area contributed by atoms with Crippen LogP contribution >= 0.6 is 0 Å². The number of urea groups is 1. The van der Waals surface area contributed by atoms with Crippen LogP contribution in [0.1, 0.15) is 18.1 Å². The maximum absolute atomic E-state index is 12.6. The minimum Gasteiger partial charge on any atom is -0.334 e. The minimum absolute atomic E-state index is 0.115. The number of pyridine rings is 1. The first-order chi connectivity index (χ1) is 14.0. The van der Waals surface area contributed by atoms with E-state index in [2.05, 4.69) is 20.3 Å². The Balaban J connectivity index is 1.62. The van der Waals surface area contributed by atoms with Gasteiger partial charge >= 0.3 is 6.03 Å². The highest BCUT2D eigenvalue weighted by Gasteiger charge is 2.15. The van der Waals surface area contributed by atoms with Crippen LogP contribution < -0.4 is 15.4 Å². The van der Waals surface area contributed by atoms with Crippen LogP contribution in [0.2, 0.25) is 0 Å². The second-order valence-corrected chi connectivity index (χ2v) is 7.99. The highest BCUT2D eigenvalue weighted by Crippen LogP contribution is 2.21. The van der Waals surface area contributed by atoms with E-state index in [0.29, 0.717) is 17.9 Å². The molecule has 0 atom stereocenters. The molecule has 0 aliphatic rings. The fourth-order valence-electron chi connectivity index (χ4n) is 2.71. The number of aromatic nitrogens is 1. The lowest BCUT2D eigenvalue weighted by molar-refractivity contribution is 0.251. The quantitative estimate of drug-likeness (QED) is 0.552. The number of hydrogen-bond donors (Lipinski definition) is 3. The molecule has 0 aliphatic heterocycles. The highest BCUT2D eigenvalue weighted by atomic mass is 32.2. The Morgan fingerprint density at radius 3 is 2.45 bits per heavy atom. The van der Waals surface area contributed by atoms with Gasteiger partial charge in [0.2, 0.25) is 0 Å². The van der Waals surface area contributed by atoms with Gasteiger partial charge in [-0.2, -0.15) is 0 Å². The summed E-state index contributed by atoms with van der Waals surface area (Å²) in [6.07, 6.45) is 4.05. The predicted molar refractivity (Wildman–Crippen MR) is 113 cm³/mol. The largest absolute Gasteiger partial charge is 0.334 e. The fraction of sp³-hybridized carbons (Fsp3) is 0.143. The number of benzene rings is 2. The van der Waals surface area contributed by atoms with Gasteiger partial charge in [0.15, 0.2) is 0 Å². The van der Waals surface area contributed by atoms with Crippen molar-refractivity contribution in [3.63, 3.8) is 0 Å². The van der Waals surface area contributed by atoms with Crippen LogP contribution in [0.3, 0.4) is 0 Å². The van der Waals surface area contributed by atoms with Gasteiger partial charge in [-0.25, -0.2) is 13.2 Å². The molecule has 0 aliphatic carbocycles. The smallest absolute Gasteiger partial charge is 0.319 e. The molecular formula is C21H22N4O3S. The normalized spacial score (nSPS) is 10.9. The number of carbonyl (C=O) groups is 1. The summed E-state index contributed by atoms with van der Waals surface area (Å²) in [6.45, 7) is 2.31. The zero-order valence-corrected chi connectivity index (χ0v) is 16.7. The van der Waals surface area contributed by atoms with Gasteiger partial charge in [0.1, 0.15) is 0 Å². The molecule has 3 N–H and O–H groups in total. The molecule has 29 heavy (non-hydrogen) atoms. The summed E-state index contributed by atoms with van der Waals surface area (Å²) in [5.74, 6) is 0. The number of carbonyl (C=O) groups excluding carboxylic acids is 1. The van der Waals surface area contributed by atoms with Gasteiger partial charge in [0.05, 0.1) is 10.6 Å². The van der Waals surface area contributed by atoms with Gasteiger partial charge in [-0.3, -0.25) is 9.71 Å². The van der Waals surface area contributed by atoms with E-state index in [4.69, 9.17) is 0 Å². The van der Waals surface area contributed by atoms with E-state index in [1.165, 1.54) is 12.1 Å². The van der Waals surface area contributed by atoms with Crippen molar-refractivity contribution in [3.8, 4) is 0 Å². The first-order valence-corrected chi connectivity index (χ1v) is 10.6. The second-order valence-electron chi connectivity index (χ2n) is 6.31. The summed E-state index contributed by atoms with van der Waals surface area (Å²) in [4.78, 5) is 16.1. The number of sulfonamides is 1. The van der Waals surface area contributed by atoms with E-state index in [1.807, 2.05) is 25.1 Å². The Labute approximate surface area is 170 Å². The lowest BCUT2D eigenvalue weighted by Gasteiger charge is -2.12. The van der Waals surface area contributed by atoms with Crippen molar-refractivity contribution in [2.75, 3.05) is 10.0 Å². The highest BCUT2D eigenvalue weighted by molar-refractivity contribution is 7.92. The molecule has 2 aromatic carbocycles. The number of aryl methyl sites for hydroxylation is 1. The fourth-order valence-corrected chi connectivity index (χ4v) is 3.81. The molecule has 0 fully saturated rings. The molecule has 0 unspecified atom stereocenters. The Morgan fingerprint density at radius 1 is 1.00 bits per heavy atom. The van der Waals surface area contributed by atoms with E-state index in [9.17, 15) is 13.2 Å². The Hall–Kier alpha value is -3.39. The van der Waals surface area contributed by atoms with Crippen molar-refractivity contribution in [2.45, 2.75) is 24.8 Å². The van der Waals surface area contributed by atoms with Crippen LogP contribution in [0.25, 0.3) is 0 Å². The molecule has 3 aromatic rings. The lowest BCUT2D eigenvalue weighted by Crippen LogP contribution is -2.28. The van der Waals surface area contributed by atoms with Gasteiger partial charge in [0, 0.05) is 24.6 Å². The van der Waals surface area contributed by atoms with Crippen molar-refractivity contribution in [1.29, 1.82) is 0 Å². The van der Waals surface area contributed by atoms with Gasteiger partial charge in [0.25, 0.3) is 10.0 Å². The third kappa shape index (κ3) is 5.55. The first-order valence-electron chi connectivity index (χ1n) is 9.12. The third-order valence-corrected chi connectivity index (χ3v) is 5.62. The van der Waals surface area contributed by atoms with Crippen LogP contribution in [-0.2, 0) is 23.0 Å². The molecule has 0 spiro atoms. The standard InChI is InChI=1S/C21H22N4O3S/c1-2-17-7-3-4-8-20(17)25-29(27,28)19-11-9-18(10-12-19)24-21(26)23-15-16-6-5-13-22-14-16/h3-14,25H,2,15H2,1H3,(H2,23,24,26). The van der Waals surface area contributed by atoms with Crippen molar-refractivity contribution >= 4 is 27.4 Å². The molecular weight excluding hydrogens is 388 g/mol. The molecule has 1 heterocycles. The summed E-state index contributed by atoms with van der Waals surface area (Å²) in [6, 6.07) is 16.5. The van der Waals surface area contributed by atoms with E-state index >= 15 is 0 Å². The molecule has 2 amide bonds. The zero-order chi connectivity index (χ0) is 20.7. The molecule has 8 heteroatoms. The average Bonchev–Trinajstić information content (AvgIpc) is 2.73. The maximum Gasteiger partial charge on any atom is 0.319 e. The molecule has 0 saturated carbocycles. The van der Waals surface area contributed by atoms with Crippen LogP contribution in [0.5, 0.6) is 0 Å². The number of anilines is 2. The predicted octanol–water partition coefficient (Wildman–Crippen LogP) is 3.77. The van der Waals surface area contributed by atoms with Crippen LogP contribution in [0, 0.1) is 0 Å². The van der Waals surface area contributed by atoms with E-state index in [0.717, 1.165) is 17.5 Å². The number of rotatable bonds is 7. The van der Waals surface area contributed by atoms with Crippen LogP contribution in [-0.4, -0.2) is 19.4 Å². The van der Waals surface area contributed by atoms with Gasteiger partial charge < -0.3 is 10.6 Å². The molecule has 3 rings (SSSR count). The van der Waals surface area contributed by atoms with Gasteiger partial charge in [-0.05, 0) is 53.9 Å². The Kier molecular flexibility index (Phi) is 6.46. The molecule has 150 valence electrons. The van der Waals surface area contributed by atoms with Crippen LogP contribution in [0.15, 0.2) is 78.0 Å². The maximum atomic E-state index is 12.6. The molecule has 0 bridgehead atoms. The van der Waals surface area contributed by atoms with Crippen molar-refractivity contribution in [1.82, 2.24) is 10.3 Å². The monoisotopic (exact) mass is 410 g/mol. The molecule has 7 nitrogen and oxygen atoms in total. The van der Waals surface area contributed by atoms with Gasteiger partial charge in [-0.1, -0.05) is 31.2 Å².